The van der Waals surface area contributed by atoms with Gasteiger partial charge >= 0.3 is 0 Å². The van der Waals surface area contributed by atoms with Gasteiger partial charge in [-0.25, -0.2) is 4.68 Å². The molecule has 3 aromatic rings. The van der Waals surface area contributed by atoms with Crippen molar-refractivity contribution < 1.29 is 14.3 Å². The van der Waals surface area contributed by atoms with Gasteiger partial charge in [0, 0.05) is 19.3 Å². The quantitative estimate of drug-likeness (QED) is 0.629. The van der Waals surface area contributed by atoms with Gasteiger partial charge in [0.15, 0.2) is 11.5 Å². The maximum atomic E-state index is 12.9. The van der Waals surface area contributed by atoms with Crippen LogP contribution in [0.15, 0.2) is 30.6 Å². The van der Waals surface area contributed by atoms with Crippen molar-refractivity contribution in [3.63, 3.8) is 0 Å². The molecule has 27 heavy (non-hydrogen) atoms. The molecule has 3 heterocycles. The van der Waals surface area contributed by atoms with Crippen LogP contribution in [-0.4, -0.2) is 47.6 Å². The van der Waals surface area contributed by atoms with Crippen molar-refractivity contribution in [3.05, 3.63) is 47.5 Å². The van der Waals surface area contributed by atoms with Gasteiger partial charge in [0.1, 0.15) is 12.9 Å². The highest BCUT2D eigenvalue weighted by atomic mass is 16.7. The van der Waals surface area contributed by atoms with E-state index < -0.39 is 0 Å². The number of aryl methyl sites for hydroxylation is 2. The zero-order valence-electron chi connectivity index (χ0n) is 15.1. The molecule has 1 amide bonds. The molecule has 0 saturated carbocycles. The van der Waals surface area contributed by atoms with Gasteiger partial charge in [-0.15, -0.1) is 5.10 Å². The number of benzene rings is 1. The average Bonchev–Trinajstić information content (AvgIpc) is 3.37. The number of ether oxygens (including phenoxy) is 2. The second-order valence-electron chi connectivity index (χ2n) is 6.35. The van der Waals surface area contributed by atoms with Crippen LogP contribution >= 0.6 is 0 Å². The van der Waals surface area contributed by atoms with Crippen molar-refractivity contribution in [2.45, 2.75) is 26.6 Å². The first-order valence-corrected chi connectivity index (χ1v) is 8.45. The third-order valence-electron chi connectivity index (χ3n) is 4.37. The highest BCUT2D eigenvalue weighted by molar-refractivity contribution is 5.75. The average molecular weight is 369 g/mol. The lowest BCUT2D eigenvalue weighted by Crippen LogP contribution is -2.33. The Morgan fingerprint density at radius 3 is 2.81 bits per heavy atom. The van der Waals surface area contributed by atoms with Crippen LogP contribution in [0.2, 0.25) is 0 Å². The molecule has 0 spiro atoms. The maximum absolute atomic E-state index is 12.9. The first-order valence-electron chi connectivity index (χ1n) is 8.45. The van der Waals surface area contributed by atoms with Crippen LogP contribution in [-0.2, 0) is 31.5 Å². The summed E-state index contributed by atoms with van der Waals surface area (Å²) >= 11 is 0. The Morgan fingerprint density at radius 1 is 1.22 bits per heavy atom. The Kier molecular flexibility index (Phi) is 4.45. The molecule has 0 radical (unpaired) electrons. The minimum Gasteiger partial charge on any atom is -0.454 e. The highest BCUT2D eigenvalue weighted by Crippen LogP contribution is 2.32. The number of hydrogen-bond acceptors (Lipinski definition) is 7. The smallest absolute Gasteiger partial charge is 0.245 e. The third-order valence-corrected chi connectivity index (χ3v) is 4.37. The zero-order valence-corrected chi connectivity index (χ0v) is 15.1. The fourth-order valence-electron chi connectivity index (χ4n) is 2.89. The number of rotatable bonds is 6. The molecule has 140 valence electrons. The number of carbonyl (C=O) groups is 1. The van der Waals surface area contributed by atoms with Crippen LogP contribution < -0.4 is 9.47 Å². The van der Waals surface area contributed by atoms with E-state index in [1.807, 2.05) is 38.2 Å². The van der Waals surface area contributed by atoms with Crippen LogP contribution in [0.4, 0.5) is 0 Å². The summed E-state index contributed by atoms with van der Waals surface area (Å²) in [5, 5.41) is 15.4. The number of amides is 1. The van der Waals surface area contributed by atoms with Crippen LogP contribution in [0.1, 0.15) is 17.0 Å². The summed E-state index contributed by atoms with van der Waals surface area (Å²) in [7, 11) is 1.88. The Balaban J connectivity index is 1.55. The Bertz CT molecular complexity index is 932. The molecule has 0 aliphatic carbocycles. The lowest BCUT2D eigenvalue weighted by atomic mass is 10.2. The SMILES string of the molecule is Cc1cc(CN(Cc2ccc3c(c2)OCO3)C(=O)Cn2cnnn2)nn1C. The normalized spacial score (nSPS) is 12.4. The number of carbonyl (C=O) groups excluding carboxylic acids is 1. The van der Waals surface area contributed by atoms with E-state index in [0.717, 1.165) is 17.0 Å². The van der Waals surface area contributed by atoms with E-state index in [4.69, 9.17) is 9.47 Å². The molecule has 0 unspecified atom stereocenters. The standard InChI is InChI=1S/C17H19N7O3/c1-12-5-14(19-22(12)2)8-23(17(25)9-24-10-18-20-21-24)7-13-3-4-15-16(6-13)27-11-26-15/h3-6,10H,7-9,11H2,1-2H3. The molecular weight excluding hydrogens is 350 g/mol. The maximum Gasteiger partial charge on any atom is 0.245 e. The summed E-state index contributed by atoms with van der Waals surface area (Å²) in [6.45, 7) is 3.04. The topological polar surface area (TPSA) is 100 Å². The molecule has 0 fully saturated rings. The van der Waals surface area contributed by atoms with Crippen LogP contribution in [0.5, 0.6) is 11.5 Å². The predicted molar refractivity (Wildman–Crippen MR) is 92.6 cm³/mol. The number of tetrazole rings is 1. The predicted octanol–water partition coefficient (Wildman–Crippen LogP) is 0.673. The van der Waals surface area contributed by atoms with Gasteiger partial charge in [0.05, 0.1) is 12.2 Å². The van der Waals surface area contributed by atoms with Crippen molar-refractivity contribution in [2.75, 3.05) is 6.79 Å². The van der Waals surface area contributed by atoms with E-state index in [1.54, 1.807) is 9.58 Å². The number of hydrogen-bond donors (Lipinski definition) is 0. The molecule has 10 heteroatoms. The summed E-state index contributed by atoms with van der Waals surface area (Å²) in [6, 6.07) is 7.64. The zero-order chi connectivity index (χ0) is 18.8. The van der Waals surface area contributed by atoms with Crippen LogP contribution in [0.3, 0.4) is 0 Å². The van der Waals surface area contributed by atoms with Gasteiger partial charge in [-0.1, -0.05) is 6.07 Å². The van der Waals surface area contributed by atoms with Gasteiger partial charge in [-0.2, -0.15) is 5.10 Å². The molecule has 0 saturated heterocycles. The number of nitrogens with zero attached hydrogens (tertiary/aromatic N) is 7. The monoisotopic (exact) mass is 369 g/mol. The van der Waals surface area contributed by atoms with E-state index in [9.17, 15) is 4.79 Å². The van der Waals surface area contributed by atoms with E-state index in [-0.39, 0.29) is 19.2 Å². The largest absolute Gasteiger partial charge is 0.454 e. The molecule has 4 rings (SSSR count). The fourth-order valence-corrected chi connectivity index (χ4v) is 2.89. The van der Waals surface area contributed by atoms with Crippen molar-refractivity contribution in [2.24, 2.45) is 7.05 Å². The first kappa shape index (κ1) is 17.0. The summed E-state index contributed by atoms with van der Waals surface area (Å²) in [5.74, 6) is 1.29. The molecule has 1 aliphatic rings. The minimum absolute atomic E-state index is 0.0589. The Morgan fingerprint density at radius 2 is 2.07 bits per heavy atom. The van der Waals surface area contributed by atoms with Gasteiger partial charge in [-0.3, -0.25) is 9.48 Å². The molecule has 1 aromatic carbocycles. The molecule has 2 aromatic heterocycles. The van der Waals surface area contributed by atoms with Crippen molar-refractivity contribution in [1.82, 2.24) is 34.9 Å². The van der Waals surface area contributed by atoms with Gasteiger partial charge in [-0.05, 0) is 41.1 Å². The number of aromatic nitrogens is 6. The van der Waals surface area contributed by atoms with Gasteiger partial charge in [0.25, 0.3) is 0 Å². The second-order valence-corrected chi connectivity index (χ2v) is 6.35. The molecule has 0 N–H and O–H groups in total. The van der Waals surface area contributed by atoms with Gasteiger partial charge in [0.2, 0.25) is 12.7 Å². The molecule has 0 bridgehead atoms. The second kappa shape index (κ2) is 7.06. The Labute approximate surface area is 155 Å². The van der Waals surface area contributed by atoms with Crippen molar-refractivity contribution in [3.8, 4) is 11.5 Å². The molecule has 0 atom stereocenters. The lowest BCUT2D eigenvalue weighted by Gasteiger charge is -2.22. The highest BCUT2D eigenvalue weighted by Gasteiger charge is 2.20. The lowest BCUT2D eigenvalue weighted by molar-refractivity contribution is -0.133. The first-order chi connectivity index (χ1) is 13.1. The summed E-state index contributed by atoms with van der Waals surface area (Å²) in [6.07, 6.45) is 1.42. The van der Waals surface area contributed by atoms with Crippen LogP contribution in [0.25, 0.3) is 0 Å². The summed E-state index contributed by atoms with van der Waals surface area (Å²) < 4.78 is 14.0. The number of fused-ring (bicyclic) bond motifs is 1. The summed E-state index contributed by atoms with van der Waals surface area (Å²) in [5.41, 5.74) is 2.79. The van der Waals surface area contributed by atoms with E-state index >= 15 is 0 Å². The van der Waals surface area contributed by atoms with E-state index in [0.29, 0.717) is 24.6 Å². The van der Waals surface area contributed by atoms with Gasteiger partial charge < -0.3 is 14.4 Å². The molecule has 1 aliphatic heterocycles. The molecular formula is C17H19N7O3. The van der Waals surface area contributed by atoms with Crippen LogP contribution in [0, 0.1) is 6.92 Å². The molecule has 10 nitrogen and oxygen atoms in total. The summed E-state index contributed by atoms with van der Waals surface area (Å²) in [4.78, 5) is 14.6. The van der Waals surface area contributed by atoms with Crippen molar-refractivity contribution in [1.29, 1.82) is 0 Å². The van der Waals surface area contributed by atoms with Crippen molar-refractivity contribution >= 4 is 5.91 Å². The third kappa shape index (κ3) is 3.73. The van der Waals surface area contributed by atoms with E-state index in [1.165, 1.54) is 11.0 Å². The minimum atomic E-state index is -0.108. The van der Waals surface area contributed by atoms with E-state index in [2.05, 4.69) is 20.6 Å². The Hall–Kier alpha value is -3.43. The fraction of sp³-hybridized carbons (Fsp3) is 0.353.